The second-order valence-electron chi connectivity index (χ2n) is 7.49. The number of oxime groups is 1. The molecule has 3 rings (SSSR count). The molecule has 2 aromatic rings. The molecular formula is C22H28FN7O3. The van der Waals surface area contributed by atoms with Crippen LogP contribution in [0, 0.1) is 11.2 Å². The summed E-state index contributed by atoms with van der Waals surface area (Å²) in [4.78, 5) is 27.7. The molecule has 1 aliphatic heterocycles. The van der Waals surface area contributed by atoms with E-state index in [-0.39, 0.29) is 24.4 Å². The smallest absolute Gasteiger partial charge is 0.313 e. The third kappa shape index (κ3) is 6.94. The van der Waals surface area contributed by atoms with Crippen LogP contribution in [0.2, 0.25) is 0 Å². The molecule has 4 N–H and O–H groups in total. The third-order valence-corrected chi connectivity index (χ3v) is 5.01. The molecule has 1 aromatic carbocycles. The Hall–Kier alpha value is -3.60. The fourth-order valence-electron chi connectivity index (χ4n) is 3.24. The average Bonchev–Trinajstić information content (AvgIpc) is 2.81. The number of nitrogens with one attached hydrogen (secondary N) is 2. The van der Waals surface area contributed by atoms with Gasteiger partial charge in [-0.25, -0.2) is 14.4 Å². The molecule has 2 heterocycles. The number of aromatic nitrogens is 2. The van der Waals surface area contributed by atoms with E-state index in [2.05, 4.69) is 25.3 Å². The Bertz CT molecular complexity index is 988. The van der Waals surface area contributed by atoms with E-state index in [1.54, 1.807) is 24.5 Å². The second kappa shape index (κ2) is 11.9. The minimum atomic E-state index is -0.681. The Kier molecular flexibility index (Phi) is 8.64. The first kappa shape index (κ1) is 24.1. The lowest BCUT2D eigenvalue weighted by molar-refractivity contribution is -0.143. The summed E-state index contributed by atoms with van der Waals surface area (Å²) in [5.41, 5.74) is 7.24. The van der Waals surface area contributed by atoms with Crippen LogP contribution in [-0.2, 0) is 21.0 Å². The molecule has 1 aliphatic rings. The van der Waals surface area contributed by atoms with Crippen molar-refractivity contribution in [1.82, 2.24) is 15.3 Å². The highest BCUT2D eigenvalue weighted by Gasteiger charge is 2.19. The number of nitrogens with zero attached hydrogens (tertiary/aromatic N) is 4. The van der Waals surface area contributed by atoms with E-state index < -0.39 is 11.8 Å². The Balaban J connectivity index is 1.60. The molecule has 0 radical (unpaired) electrons. The number of carbonyl (C=O) groups is 1. The zero-order chi connectivity index (χ0) is 23.6. The maximum Gasteiger partial charge on any atom is 0.313 e. The maximum atomic E-state index is 15.0. The summed E-state index contributed by atoms with van der Waals surface area (Å²) >= 11 is 0. The highest BCUT2D eigenvalue weighted by molar-refractivity contribution is 5.94. The Morgan fingerprint density at radius 1 is 1.30 bits per heavy atom. The second-order valence-corrected chi connectivity index (χ2v) is 7.49. The number of amidine groups is 1. The van der Waals surface area contributed by atoms with Crippen LogP contribution in [0.4, 0.5) is 10.3 Å². The van der Waals surface area contributed by atoms with Crippen LogP contribution in [0.1, 0.15) is 24.8 Å². The summed E-state index contributed by atoms with van der Waals surface area (Å²) in [6.07, 6.45) is 4.37. The quantitative estimate of drug-likeness (QED) is 0.161. The lowest BCUT2D eigenvalue weighted by Crippen LogP contribution is -2.35. The topological polar surface area (TPSA) is 139 Å². The van der Waals surface area contributed by atoms with E-state index in [4.69, 9.17) is 20.7 Å². The third-order valence-electron chi connectivity index (χ3n) is 5.01. The van der Waals surface area contributed by atoms with Crippen LogP contribution in [0.3, 0.4) is 0 Å². The van der Waals surface area contributed by atoms with Crippen LogP contribution in [0.15, 0.2) is 35.7 Å². The van der Waals surface area contributed by atoms with Crippen molar-refractivity contribution < 1.29 is 18.8 Å². The highest BCUT2D eigenvalue weighted by Crippen LogP contribution is 2.26. The van der Waals surface area contributed by atoms with Gasteiger partial charge < -0.3 is 25.5 Å². The van der Waals surface area contributed by atoms with Crippen molar-refractivity contribution in [2.75, 3.05) is 38.2 Å². The predicted octanol–water partition coefficient (Wildman–Crippen LogP) is 1.84. The summed E-state index contributed by atoms with van der Waals surface area (Å²) in [6, 6.07) is 4.82. The molecule has 0 aliphatic carbocycles. The summed E-state index contributed by atoms with van der Waals surface area (Å²) < 4.78 is 20.0. The molecule has 176 valence electrons. The first-order valence-electron chi connectivity index (χ1n) is 10.6. The zero-order valence-corrected chi connectivity index (χ0v) is 18.5. The number of benzene rings is 1. The molecular weight excluding hydrogens is 429 g/mol. The number of hydrogen-bond donors (Lipinski definition) is 3. The number of esters is 1. The number of anilines is 1. The Morgan fingerprint density at radius 3 is 2.70 bits per heavy atom. The average molecular weight is 458 g/mol. The first-order chi connectivity index (χ1) is 16.0. The minimum Gasteiger partial charge on any atom is -0.460 e. The molecule has 0 amide bonds. The van der Waals surface area contributed by atoms with Gasteiger partial charge in [-0.2, -0.15) is 0 Å². The molecule has 0 bridgehead atoms. The number of rotatable bonds is 10. The SMILES string of the molecule is CNCCON=C1CCN(c2ncc(-c3cccc(COC(=O)CC(=N)N)c3F)cn2)CC1. The van der Waals surface area contributed by atoms with E-state index >= 15 is 0 Å². The number of nitrogens with two attached hydrogens (primary N) is 1. The molecule has 0 atom stereocenters. The molecule has 1 fully saturated rings. The van der Waals surface area contributed by atoms with E-state index in [9.17, 15) is 9.18 Å². The van der Waals surface area contributed by atoms with Crippen molar-refractivity contribution in [1.29, 1.82) is 5.41 Å². The minimum absolute atomic E-state index is 0.216. The van der Waals surface area contributed by atoms with Gasteiger partial charge in [0.25, 0.3) is 0 Å². The number of likely N-dealkylation sites (N-methyl/N-ethyl adjacent to an activating group) is 1. The van der Waals surface area contributed by atoms with Crippen molar-refractivity contribution in [3.05, 3.63) is 42.0 Å². The van der Waals surface area contributed by atoms with E-state index in [1.165, 1.54) is 6.07 Å². The van der Waals surface area contributed by atoms with Gasteiger partial charge in [0, 0.05) is 61.6 Å². The van der Waals surface area contributed by atoms with Crippen LogP contribution >= 0.6 is 0 Å². The molecule has 1 aromatic heterocycles. The van der Waals surface area contributed by atoms with Crippen molar-refractivity contribution in [3.8, 4) is 11.1 Å². The van der Waals surface area contributed by atoms with Crippen LogP contribution in [0.25, 0.3) is 11.1 Å². The van der Waals surface area contributed by atoms with Gasteiger partial charge in [0.2, 0.25) is 5.95 Å². The predicted molar refractivity (Wildman–Crippen MR) is 123 cm³/mol. The van der Waals surface area contributed by atoms with Crippen molar-refractivity contribution in [3.63, 3.8) is 0 Å². The van der Waals surface area contributed by atoms with Gasteiger partial charge in [-0.1, -0.05) is 23.4 Å². The van der Waals surface area contributed by atoms with Gasteiger partial charge >= 0.3 is 5.97 Å². The molecule has 10 nitrogen and oxygen atoms in total. The molecule has 0 spiro atoms. The van der Waals surface area contributed by atoms with Gasteiger partial charge in [-0.15, -0.1) is 0 Å². The number of piperidine rings is 1. The molecule has 11 heteroatoms. The lowest BCUT2D eigenvalue weighted by atomic mass is 10.0. The summed E-state index contributed by atoms with van der Waals surface area (Å²) in [7, 11) is 1.86. The van der Waals surface area contributed by atoms with Gasteiger partial charge in [0.1, 0.15) is 31.3 Å². The number of carbonyl (C=O) groups excluding carboxylic acids is 1. The zero-order valence-electron chi connectivity index (χ0n) is 18.5. The molecule has 33 heavy (non-hydrogen) atoms. The summed E-state index contributed by atoms with van der Waals surface area (Å²) in [5.74, 6) is -0.925. The van der Waals surface area contributed by atoms with Gasteiger partial charge in [-0.05, 0) is 7.05 Å². The van der Waals surface area contributed by atoms with E-state index in [0.717, 1.165) is 38.2 Å². The number of hydrogen-bond acceptors (Lipinski definition) is 9. The summed E-state index contributed by atoms with van der Waals surface area (Å²) in [5, 5.41) is 14.3. The maximum absolute atomic E-state index is 15.0. The Labute approximate surface area is 191 Å². The standard InChI is InChI=1S/C22H28FN7O3/c1-26-7-10-33-29-17-5-8-30(9-6-17)22-27-12-16(13-28-22)18-4-2-3-15(21(18)23)14-32-20(31)11-19(24)25/h2-4,12-13,26H,5-11,14H2,1H3,(H3,24,25). The Morgan fingerprint density at radius 2 is 2.03 bits per heavy atom. The van der Waals surface area contributed by atoms with Crippen LogP contribution < -0.4 is 16.0 Å². The molecule has 0 unspecified atom stereocenters. The first-order valence-corrected chi connectivity index (χ1v) is 10.6. The number of halogens is 1. The van der Waals surface area contributed by atoms with Crippen LogP contribution in [-0.4, -0.2) is 60.8 Å². The van der Waals surface area contributed by atoms with E-state index in [1.807, 2.05) is 7.05 Å². The normalized spacial score (nSPS) is 13.5. The van der Waals surface area contributed by atoms with Crippen LogP contribution in [0.5, 0.6) is 0 Å². The van der Waals surface area contributed by atoms with Crippen molar-refractivity contribution >= 4 is 23.5 Å². The van der Waals surface area contributed by atoms with Gasteiger partial charge in [0.05, 0.1) is 5.71 Å². The molecule has 1 saturated heterocycles. The fraction of sp³-hybridized carbons (Fsp3) is 0.409. The monoisotopic (exact) mass is 457 g/mol. The number of ether oxygens (including phenoxy) is 1. The van der Waals surface area contributed by atoms with Gasteiger partial charge in [-0.3, -0.25) is 10.2 Å². The molecule has 0 saturated carbocycles. The van der Waals surface area contributed by atoms with Crippen molar-refractivity contribution in [2.24, 2.45) is 10.9 Å². The summed E-state index contributed by atoms with van der Waals surface area (Å²) in [6.45, 7) is 2.48. The van der Waals surface area contributed by atoms with Crippen molar-refractivity contribution in [2.45, 2.75) is 25.9 Å². The van der Waals surface area contributed by atoms with E-state index in [0.29, 0.717) is 23.7 Å². The highest BCUT2D eigenvalue weighted by atomic mass is 19.1. The lowest BCUT2D eigenvalue weighted by Gasteiger charge is -2.27. The largest absolute Gasteiger partial charge is 0.460 e. The fourth-order valence-corrected chi connectivity index (χ4v) is 3.24. The van der Waals surface area contributed by atoms with Gasteiger partial charge in [0.15, 0.2) is 0 Å².